The van der Waals surface area contributed by atoms with E-state index in [1.54, 1.807) is 33.0 Å². The van der Waals surface area contributed by atoms with E-state index in [9.17, 15) is 22.8 Å². The van der Waals surface area contributed by atoms with Gasteiger partial charge >= 0.3 is 6.18 Å². The molecule has 1 amide bonds. The van der Waals surface area contributed by atoms with Gasteiger partial charge in [-0.05, 0) is 35.7 Å². The summed E-state index contributed by atoms with van der Waals surface area (Å²) in [6.07, 6.45) is -1.27. The van der Waals surface area contributed by atoms with Crippen LogP contribution in [0.5, 0.6) is 5.75 Å². The molecule has 0 aromatic carbocycles. The normalized spacial score (nSPS) is 23.9. The van der Waals surface area contributed by atoms with Gasteiger partial charge in [0.1, 0.15) is 23.1 Å². The fraction of sp³-hybridized carbons (Fsp3) is 0.727. The third-order valence-corrected chi connectivity index (χ3v) is 7.30. The van der Waals surface area contributed by atoms with E-state index < -0.39 is 23.8 Å². The number of carbonyl (C=O) groups is 1. The van der Waals surface area contributed by atoms with Gasteiger partial charge in [-0.1, -0.05) is 0 Å². The van der Waals surface area contributed by atoms with Crippen LogP contribution in [0, 0.1) is 5.92 Å². The Morgan fingerprint density at radius 2 is 2.03 bits per heavy atom. The third kappa shape index (κ3) is 7.05. The molecule has 10 nitrogen and oxygen atoms in total. The van der Waals surface area contributed by atoms with Crippen LogP contribution in [-0.4, -0.2) is 115 Å². The van der Waals surface area contributed by atoms with E-state index in [0.29, 0.717) is 25.9 Å². The second kappa shape index (κ2) is 11.6. The Labute approximate surface area is 216 Å². The zero-order chi connectivity index (χ0) is 26.7. The van der Waals surface area contributed by atoms with Gasteiger partial charge in [-0.25, -0.2) is 15.0 Å². The Hall–Kier alpha value is -2.03. The molecule has 1 fully saturated rings. The van der Waals surface area contributed by atoms with E-state index in [2.05, 4.69) is 36.0 Å². The molecule has 1 aromatic rings. The van der Waals surface area contributed by atoms with Crippen molar-refractivity contribution in [1.82, 2.24) is 20.0 Å². The van der Waals surface area contributed by atoms with Crippen LogP contribution in [0.4, 0.5) is 13.2 Å². The zero-order valence-electron chi connectivity index (χ0n) is 20.8. The minimum atomic E-state index is -4.29. The lowest BCUT2D eigenvalue weighted by Crippen LogP contribution is -2.63. The van der Waals surface area contributed by atoms with Crippen molar-refractivity contribution in [3.63, 3.8) is 0 Å². The maximum Gasteiger partial charge on any atom is 0.402 e. The fourth-order valence-corrected chi connectivity index (χ4v) is 4.84. The Morgan fingerprint density at radius 3 is 2.64 bits per heavy atom. The molecule has 3 heterocycles. The number of aliphatic imine (C=N–C) groups is 1. The van der Waals surface area contributed by atoms with Gasteiger partial charge in [-0.2, -0.15) is 18.3 Å². The summed E-state index contributed by atoms with van der Waals surface area (Å²) in [7, 11) is 5.28. The average molecular weight is 582 g/mol. The van der Waals surface area contributed by atoms with Crippen molar-refractivity contribution in [3.8, 4) is 5.75 Å². The van der Waals surface area contributed by atoms with Crippen molar-refractivity contribution in [2.24, 2.45) is 10.9 Å². The minimum absolute atomic E-state index is 0.00945. The van der Waals surface area contributed by atoms with Crippen LogP contribution in [0.2, 0.25) is 0 Å². The first-order valence-corrected chi connectivity index (χ1v) is 12.5. The predicted octanol–water partition coefficient (Wildman–Crippen LogP) is 1.86. The van der Waals surface area contributed by atoms with Gasteiger partial charge in [-0.3, -0.25) is 14.1 Å². The Morgan fingerprint density at radius 1 is 1.36 bits per heavy atom. The van der Waals surface area contributed by atoms with Crippen LogP contribution in [0.15, 0.2) is 20.5 Å². The molecule has 2 unspecified atom stereocenters. The van der Waals surface area contributed by atoms with Crippen molar-refractivity contribution in [2.45, 2.75) is 44.4 Å². The number of nitrogens with zero attached hydrogens (tertiary/aromatic N) is 5. The highest BCUT2D eigenvalue weighted by molar-refractivity contribution is 9.10. The summed E-state index contributed by atoms with van der Waals surface area (Å²) < 4.78 is 51.0. The summed E-state index contributed by atoms with van der Waals surface area (Å²) >= 11 is 3.14. The van der Waals surface area contributed by atoms with Crippen LogP contribution in [0.3, 0.4) is 0 Å². The molecule has 14 heteroatoms. The number of hydrogen-bond acceptors (Lipinski definition) is 7. The first-order valence-electron chi connectivity index (χ1n) is 11.7. The molecule has 2 aliphatic heterocycles. The molecule has 0 bridgehead atoms. The van der Waals surface area contributed by atoms with E-state index in [4.69, 9.17) is 9.47 Å². The van der Waals surface area contributed by atoms with Crippen molar-refractivity contribution in [3.05, 3.63) is 21.0 Å². The van der Waals surface area contributed by atoms with Crippen LogP contribution in [-0.2, 0) is 9.53 Å². The van der Waals surface area contributed by atoms with E-state index in [0.717, 1.165) is 6.21 Å². The molecular formula is C22H33BrF3N6O4+. The molecule has 1 aromatic heterocycles. The topological polar surface area (TPSA) is 100 Å². The van der Waals surface area contributed by atoms with Crippen LogP contribution < -0.4 is 10.3 Å². The summed E-state index contributed by atoms with van der Waals surface area (Å²) in [6, 6.07) is 0.00945. The van der Waals surface area contributed by atoms with E-state index in [1.807, 2.05) is 0 Å². The number of H-pyrrole nitrogens is 1. The minimum Gasteiger partial charge on any atom is -0.485 e. The number of likely N-dealkylation sites (tertiary alicyclic amines) is 1. The van der Waals surface area contributed by atoms with Gasteiger partial charge in [0.25, 0.3) is 5.56 Å². The van der Waals surface area contributed by atoms with Gasteiger partial charge in [0.15, 0.2) is 5.75 Å². The number of amides is 1. The number of hydrogen-bond donors (Lipinski definition) is 1. The maximum atomic E-state index is 13.1. The number of piperidine rings is 1. The van der Waals surface area contributed by atoms with Crippen LogP contribution in [0.25, 0.3) is 0 Å². The molecule has 0 saturated carbocycles. The lowest BCUT2D eigenvalue weighted by atomic mass is 10.0. The summed E-state index contributed by atoms with van der Waals surface area (Å²) in [5, 5.41) is 5.97. The van der Waals surface area contributed by atoms with E-state index in [1.165, 1.54) is 6.20 Å². The first kappa shape index (κ1) is 28.5. The second-order valence-electron chi connectivity index (χ2n) is 9.85. The number of nitrogens with one attached hydrogen (secondary N) is 1. The standard InChI is InChI=1S/C22H32BrF3N6O4/c1-14(36-17-10-28-29-20(34)19(17)23)12-35-13-18(33)30(2)16-5-7-31(8-6-16)21-27-9-15(22(24,25)26)11-32(21,3)4/h9-10,14-16,21H,5-8,11-13H2,1-4H3/p+1/t14-,15?,21?/m0/s1. The number of carbonyl (C=O) groups excluding carboxylic acids is 1. The van der Waals surface area contributed by atoms with Crippen LogP contribution >= 0.6 is 15.9 Å². The molecule has 3 rings (SSSR count). The molecule has 0 aliphatic carbocycles. The van der Waals surface area contributed by atoms with Gasteiger partial charge in [0, 0.05) is 32.4 Å². The fourth-order valence-electron chi connectivity index (χ4n) is 4.56. The lowest BCUT2D eigenvalue weighted by Gasteiger charge is -2.47. The van der Waals surface area contributed by atoms with Crippen LogP contribution in [0.1, 0.15) is 19.8 Å². The third-order valence-electron chi connectivity index (χ3n) is 6.55. The number of quaternary nitrogens is 1. The number of halogens is 4. The van der Waals surface area contributed by atoms with Crippen molar-refractivity contribution >= 4 is 28.1 Å². The number of likely N-dealkylation sites (N-methyl/N-ethyl adjacent to an activating group) is 1. The number of aromatic nitrogens is 2. The number of rotatable bonds is 8. The highest BCUT2D eigenvalue weighted by Gasteiger charge is 2.49. The lowest BCUT2D eigenvalue weighted by molar-refractivity contribution is -0.931. The van der Waals surface area contributed by atoms with Gasteiger partial charge < -0.3 is 14.4 Å². The SMILES string of the molecule is C[C@@H](COCC(=O)N(C)C1CCN(C2N=CC(C(F)(F)F)C[N+]2(C)C)CC1)Oc1cn[nH]c(=O)c1Br. The monoisotopic (exact) mass is 581 g/mol. The number of aromatic amines is 1. The highest BCUT2D eigenvalue weighted by atomic mass is 79.9. The molecule has 2 aliphatic rings. The first-order chi connectivity index (χ1) is 16.8. The molecule has 0 radical (unpaired) electrons. The van der Waals surface area contributed by atoms with Crippen molar-refractivity contribution < 1.29 is 31.9 Å². The van der Waals surface area contributed by atoms with E-state index >= 15 is 0 Å². The number of alkyl halides is 3. The zero-order valence-corrected chi connectivity index (χ0v) is 22.4. The van der Waals surface area contributed by atoms with Gasteiger partial charge in [-0.15, -0.1) is 0 Å². The second-order valence-corrected chi connectivity index (χ2v) is 10.6. The Bertz CT molecular complexity index is 997. The summed E-state index contributed by atoms with van der Waals surface area (Å²) in [6.45, 7) is 2.99. The molecule has 3 atom stereocenters. The number of ether oxygens (including phenoxy) is 2. The summed E-state index contributed by atoms with van der Waals surface area (Å²) in [5.41, 5.74) is -0.410. The summed E-state index contributed by atoms with van der Waals surface area (Å²) in [5.74, 6) is -1.42. The molecular weight excluding hydrogens is 549 g/mol. The van der Waals surface area contributed by atoms with Gasteiger partial charge in [0.05, 0.1) is 33.4 Å². The van der Waals surface area contributed by atoms with Gasteiger partial charge in [0.2, 0.25) is 12.2 Å². The molecule has 202 valence electrons. The quantitative estimate of drug-likeness (QED) is 0.470. The molecule has 0 spiro atoms. The highest BCUT2D eigenvalue weighted by Crippen LogP contribution is 2.32. The molecule has 1 saturated heterocycles. The van der Waals surface area contributed by atoms with Crippen molar-refractivity contribution in [2.75, 3.05) is 54.0 Å². The van der Waals surface area contributed by atoms with E-state index in [-0.39, 0.29) is 52.7 Å². The average Bonchev–Trinajstić information content (AvgIpc) is 2.80. The smallest absolute Gasteiger partial charge is 0.402 e. The van der Waals surface area contributed by atoms with Crippen molar-refractivity contribution in [1.29, 1.82) is 0 Å². The molecule has 36 heavy (non-hydrogen) atoms. The summed E-state index contributed by atoms with van der Waals surface area (Å²) in [4.78, 5) is 32.2. The molecule has 1 N–H and O–H groups in total. The maximum absolute atomic E-state index is 13.1. The Kier molecular flexibility index (Phi) is 9.17. The Balaban J connectivity index is 1.43. The largest absolute Gasteiger partial charge is 0.485 e. The predicted molar refractivity (Wildman–Crippen MR) is 130 cm³/mol.